The molecule has 0 amide bonds. The van der Waals surface area contributed by atoms with E-state index in [1.807, 2.05) is 81.4 Å². The van der Waals surface area contributed by atoms with Gasteiger partial charge in [-0.2, -0.15) is 0 Å². The minimum absolute atomic E-state index is 0.0607. The average molecular weight is 338 g/mol. The lowest BCUT2D eigenvalue weighted by Gasteiger charge is -2.21. The standard InChI is InChI=1S/C22H26O3/c1-22(2,3)15-20(23)19(14-17-10-6-4-7-11-17)21(24)25-16-18-12-8-5-9-13-18/h4-13,19H,14-16H2,1-3H3/t19-/m1/s1. The normalized spacial score (nSPS) is 12.4. The zero-order valence-electron chi connectivity index (χ0n) is 15.2. The highest BCUT2D eigenvalue weighted by molar-refractivity contribution is 5.99. The first-order chi connectivity index (χ1) is 11.8. The van der Waals surface area contributed by atoms with Crippen LogP contribution < -0.4 is 0 Å². The lowest BCUT2D eigenvalue weighted by Crippen LogP contribution is -2.30. The third-order valence-electron chi connectivity index (χ3n) is 3.88. The molecule has 0 heterocycles. The van der Waals surface area contributed by atoms with Crippen LogP contribution in [0.4, 0.5) is 0 Å². The highest BCUT2D eigenvalue weighted by Crippen LogP contribution is 2.24. The van der Waals surface area contributed by atoms with E-state index in [9.17, 15) is 9.59 Å². The first-order valence-electron chi connectivity index (χ1n) is 8.62. The van der Waals surface area contributed by atoms with Gasteiger partial charge in [0.2, 0.25) is 0 Å². The summed E-state index contributed by atoms with van der Waals surface area (Å²) in [5, 5.41) is 0. The Morgan fingerprint density at radius 2 is 1.40 bits per heavy atom. The molecular formula is C22H26O3. The molecule has 0 spiro atoms. The Hall–Kier alpha value is -2.42. The molecule has 0 unspecified atom stereocenters. The van der Waals surface area contributed by atoms with E-state index in [4.69, 9.17) is 4.74 Å². The quantitative estimate of drug-likeness (QED) is 0.547. The van der Waals surface area contributed by atoms with Crippen molar-refractivity contribution in [2.75, 3.05) is 0 Å². The second kappa shape index (κ2) is 8.61. The van der Waals surface area contributed by atoms with E-state index in [2.05, 4.69) is 0 Å². The van der Waals surface area contributed by atoms with E-state index >= 15 is 0 Å². The summed E-state index contributed by atoms with van der Waals surface area (Å²) in [5.41, 5.74) is 1.72. The number of hydrogen-bond donors (Lipinski definition) is 0. The number of benzene rings is 2. The van der Waals surface area contributed by atoms with Gasteiger partial charge >= 0.3 is 5.97 Å². The molecule has 0 radical (unpaired) electrons. The van der Waals surface area contributed by atoms with Crippen LogP contribution in [0.5, 0.6) is 0 Å². The third-order valence-corrected chi connectivity index (χ3v) is 3.88. The fourth-order valence-electron chi connectivity index (χ4n) is 2.65. The molecule has 0 aliphatic rings. The van der Waals surface area contributed by atoms with Gasteiger partial charge in [0, 0.05) is 6.42 Å². The predicted molar refractivity (Wildman–Crippen MR) is 99.0 cm³/mol. The van der Waals surface area contributed by atoms with Crippen LogP contribution in [0.3, 0.4) is 0 Å². The molecule has 0 bridgehead atoms. The monoisotopic (exact) mass is 338 g/mol. The number of hydrogen-bond acceptors (Lipinski definition) is 3. The summed E-state index contributed by atoms with van der Waals surface area (Å²) >= 11 is 0. The Balaban J connectivity index is 2.09. The second-order valence-electron chi connectivity index (χ2n) is 7.54. The summed E-state index contributed by atoms with van der Waals surface area (Å²) in [7, 11) is 0. The van der Waals surface area contributed by atoms with Crippen molar-refractivity contribution in [3.8, 4) is 0 Å². The van der Waals surface area contributed by atoms with Gasteiger partial charge in [0.05, 0.1) is 0 Å². The Morgan fingerprint density at radius 1 is 0.880 bits per heavy atom. The van der Waals surface area contributed by atoms with Crippen LogP contribution in [0.25, 0.3) is 0 Å². The van der Waals surface area contributed by atoms with Crippen LogP contribution in [-0.2, 0) is 27.4 Å². The molecule has 1 atom stereocenters. The van der Waals surface area contributed by atoms with Crippen molar-refractivity contribution < 1.29 is 14.3 Å². The van der Waals surface area contributed by atoms with Crippen molar-refractivity contribution in [3.63, 3.8) is 0 Å². The number of carbonyl (C=O) groups excluding carboxylic acids is 2. The van der Waals surface area contributed by atoms with Gasteiger partial charge in [0.1, 0.15) is 18.3 Å². The molecule has 3 nitrogen and oxygen atoms in total. The predicted octanol–water partition coefficient (Wildman–Crippen LogP) is 4.59. The van der Waals surface area contributed by atoms with Crippen LogP contribution in [0.1, 0.15) is 38.3 Å². The molecule has 0 saturated carbocycles. The fourth-order valence-corrected chi connectivity index (χ4v) is 2.65. The molecule has 25 heavy (non-hydrogen) atoms. The van der Waals surface area contributed by atoms with Crippen LogP contribution in [0, 0.1) is 11.3 Å². The van der Waals surface area contributed by atoms with Crippen LogP contribution >= 0.6 is 0 Å². The van der Waals surface area contributed by atoms with E-state index in [0.29, 0.717) is 12.8 Å². The van der Waals surface area contributed by atoms with Gasteiger partial charge in [-0.15, -0.1) is 0 Å². The molecular weight excluding hydrogens is 312 g/mol. The van der Waals surface area contributed by atoms with Crippen LogP contribution in [-0.4, -0.2) is 11.8 Å². The Morgan fingerprint density at radius 3 is 1.92 bits per heavy atom. The summed E-state index contributed by atoms with van der Waals surface area (Å²) in [4.78, 5) is 25.3. The van der Waals surface area contributed by atoms with E-state index in [0.717, 1.165) is 11.1 Å². The first kappa shape index (κ1) is 18.9. The Labute approximate surface area is 150 Å². The summed E-state index contributed by atoms with van der Waals surface area (Å²) < 4.78 is 5.44. The molecule has 2 aromatic carbocycles. The summed E-state index contributed by atoms with van der Waals surface area (Å²) in [6, 6.07) is 19.1. The SMILES string of the molecule is CC(C)(C)CC(=O)[C@@H](Cc1ccccc1)C(=O)OCc1ccccc1. The number of ether oxygens (including phenoxy) is 1. The smallest absolute Gasteiger partial charge is 0.317 e. The fraction of sp³-hybridized carbons (Fsp3) is 0.364. The number of carbonyl (C=O) groups is 2. The molecule has 0 aliphatic carbocycles. The van der Waals surface area contributed by atoms with Gasteiger partial charge < -0.3 is 4.74 Å². The number of ketones is 1. The zero-order chi connectivity index (χ0) is 18.3. The van der Waals surface area contributed by atoms with Crippen molar-refractivity contribution >= 4 is 11.8 Å². The molecule has 2 aromatic rings. The van der Waals surface area contributed by atoms with Crippen molar-refractivity contribution in [2.45, 2.75) is 40.2 Å². The molecule has 0 N–H and O–H groups in total. The van der Waals surface area contributed by atoms with Gasteiger partial charge in [-0.3, -0.25) is 9.59 Å². The van der Waals surface area contributed by atoms with Crippen molar-refractivity contribution in [3.05, 3.63) is 71.8 Å². The minimum Gasteiger partial charge on any atom is -0.460 e. The maximum absolute atomic E-state index is 12.7. The molecule has 2 rings (SSSR count). The van der Waals surface area contributed by atoms with Crippen molar-refractivity contribution in [2.24, 2.45) is 11.3 Å². The second-order valence-corrected chi connectivity index (χ2v) is 7.54. The van der Waals surface area contributed by atoms with Crippen molar-refractivity contribution in [1.29, 1.82) is 0 Å². The van der Waals surface area contributed by atoms with Gasteiger partial charge in [-0.05, 0) is 23.0 Å². The average Bonchev–Trinajstić information content (AvgIpc) is 2.58. The van der Waals surface area contributed by atoms with Gasteiger partial charge in [0.15, 0.2) is 0 Å². The van der Waals surface area contributed by atoms with E-state index < -0.39 is 11.9 Å². The van der Waals surface area contributed by atoms with Gasteiger partial charge in [-0.25, -0.2) is 0 Å². The summed E-state index contributed by atoms with van der Waals surface area (Å²) in [6.45, 7) is 6.19. The van der Waals surface area contributed by atoms with Crippen LogP contribution in [0.2, 0.25) is 0 Å². The third kappa shape index (κ3) is 6.54. The number of rotatable bonds is 7. The molecule has 0 aliphatic heterocycles. The highest BCUT2D eigenvalue weighted by Gasteiger charge is 2.31. The molecule has 0 aromatic heterocycles. The van der Waals surface area contributed by atoms with E-state index in [1.165, 1.54) is 0 Å². The van der Waals surface area contributed by atoms with Gasteiger partial charge in [0.25, 0.3) is 0 Å². The first-order valence-corrected chi connectivity index (χ1v) is 8.62. The van der Waals surface area contributed by atoms with E-state index in [1.54, 1.807) is 0 Å². The summed E-state index contributed by atoms with van der Waals surface area (Å²) in [5.74, 6) is -1.26. The van der Waals surface area contributed by atoms with Gasteiger partial charge in [-0.1, -0.05) is 81.4 Å². The maximum atomic E-state index is 12.7. The maximum Gasteiger partial charge on any atom is 0.317 e. The molecule has 3 heteroatoms. The number of esters is 1. The molecule has 0 fully saturated rings. The summed E-state index contributed by atoms with van der Waals surface area (Å²) in [6.07, 6.45) is 0.730. The number of Topliss-reactive ketones (excluding diaryl/α,β-unsaturated/α-hetero) is 1. The lowest BCUT2D eigenvalue weighted by atomic mass is 9.83. The lowest BCUT2D eigenvalue weighted by molar-refractivity contribution is -0.153. The zero-order valence-corrected chi connectivity index (χ0v) is 15.2. The van der Waals surface area contributed by atoms with Crippen molar-refractivity contribution in [1.82, 2.24) is 0 Å². The molecule has 0 saturated heterocycles. The molecule has 132 valence electrons. The van der Waals surface area contributed by atoms with E-state index in [-0.39, 0.29) is 17.8 Å². The Kier molecular flexibility index (Phi) is 6.51. The minimum atomic E-state index is -0.759. The topological polar surface area (TPSA) is 43.4 Å². The Bertz CT molecular complexity index is 684. The highest BCUT2D eigenvalue weighted by atomic mass is 16.5. The largest absolute Gasteiger partial charge is 0.460 e. The van der Waals surface area contributed by atoms with Crippen LogP contribution in [0.15, 0.2) is 60.7 Å².